The Bertz CT molecular complexity index is 2790. The molecular weight excluding hydrogens is 633 g/mol. The van der Waals surface area contributed by atoms with Gasteiger partial charge in [0, 0.05) is 21.5 Å². The largest absolute Gasteiger partial charge is 0.294 e. The number of aromatic nitrogens is 3. The van der Waals surface area contributed by atoms with Crippen molar-refractivity contribution in [2.45, 2.75) is 0 Å². The molecular formula is C48H30N4. The van der Waals surface area contributed by atoms with Gasteiger partial charge in [0.1, 0.15) is 11.6 Å². The minimum absolute atomic E-state index is 0.647. The fourth-order valence-corrected chi connectivity index (χ4v) is 7.89. The average molecular weight is 663 g/mol. The number of rotatable bonds is 5. The van der Waals surface area contributed by atoms with Crippen molar-refractivity contribution in [3.63, 3.8) is 0 Å². The highest BCUT2D eigenvalue weighted by atomic mass is 15.1. The molecule has 0 spiro atoms. The topological polar surface area (TPSA) is 46.5 Å². The van der Waals surface area contributed by atoms with Crippen LogP contribution < -0.4 is 0 Å². The van der Waals surface area contributed by atoms with Crippen LogP contribution in [0.1, 0.15) is 5.56 Å². The van der Waals surface area contributed by atoms with Crippen molar-refractivity contribution in [2.75, 3.05) is 0 Å². The van der Waals surface area contributed by atoms with Gasteiger partial charge in [0.15, 0.2) is 0 Å². The molecule has 10 rings (SSSR count). The molecule has 0 unspecified atom stereocenters. The molecule has 0 atom stereocenters. The fourth-order valence-electron chi connectivity index (χ4n) is 7.89. The molecule has 0 radical (unpaired) electrons. The lowest BCUT2D eigenvalue weighted by Crippen LogP contribution is -2.04. The first-order chi connectivity index (χ1) is 25.8. The second-order valence-corrected chi connectivity index (χ2v) is 13.1. The van der Waals surface area contributed by atoms with Gasteiger partial charge in [-0.05, 0) is 81.9 Å². The molecule has 4 heteroatoms. The summed E-state index contributed by atoms with van der Waals surface area (Å²) in [6, 6.07) is 66.1. The van der Waals surface area contributed by atoms with Gasteiger partial charge in [0.05, 0.1) is 33.7 Å². The summed E-state index contributed by atoms with van der Waals surface area (Å²) in [5.41, 5.74) is 11.7. The summed E-state index contributed by atoms with van der Waals surface area (Å²) < 4.78 is 4.61. The van der Waals surface area contributed by atoms with Crippen molar-refractivity contribution < 1.29 is 0 Å². The van der Waals surface area contributed by atoms with Gasteiger partial charge in [-0.3, -0.25) is 9.13 Å². The fraction of sp³-hybridized carbons (Fsp3) is 0. The molecule has 3 aromatic heterocycles. The van der Waals surface area contributed by atoms with Gasteiger partial charge < -0.3 is 0 Å². The summed E-state index contributed by atoms with van der Waals surface area (Å²) in [5.74, 6) is 1.70. The highest BCUT2D eigenvalue weighted by Crippen LogP contribution is 2.41. The van der Waals surface area contributed by atoms with Crippen molar-refractivity contribution in [2.24, 2.45) is 0 Å². The van der Waals surface area contributed by atoms with Crippen LogP contribution in [0.5, 0.6) is 0 Å². The Labute approximate surface area is 300 Å². The van der Waals surface area contributed by atoms with Crippen molar-refractivity contribution in [1.82, 2.24) is 14.1 Å². The first kappa shape index (κ1) is 29.7. The lowest BCUT2D eigenvalue weighted by Gasteiger charge is -2.18. The molecule has 242 valence electrons. The lowest BCUT2D eigenvalue weighted by atomic mass is 9.89. The molecule has 0 aliphatic heterocycles. The van der Waals surface area contributed by atoms with E-state index in [0.29, 0.717) is 5.56 Å². The Balaban J connectivity index is 1.28. The lowest BCUT2D eigenvalue weighted by molar-refractivity contribution is 1.01. The van der Waals surface area contributed by atoms with E-state index < -0.39 is 0 Å². The van der Waals surface area contributed by atoms with E-state index in [1.807, 2.05) is 24.3 Å². The second-order valence-electron chi connectivity index (χ2n) is 13.1. The Morgan fingerprint density at radius 3 is 1.12 bits per heavy atom. The standard InChI is InChI=1S/C48H30N4/c49-31-32-25-27-33(28-26-32)35-13-1-3-15-37(35)38-16-4-2-14-36(38)34-29-47(51-43-21-9-5-17-39(43)40-18-6-10-22-44(40)51)50-48(30-34)52-45-23-11-7-19-41(45)42-20-8-12-24-46(42)52/h1-30H. The van der Waals surface area contributed by atoms with Gasteiger partial charge in [0.2, 0.25) is 0 Å². The van der Waals surface area contributed by atoms with E-state index in [1.165, 1.54) is 21.5 Å². The van der Waals surface area contributed by atoms with Gasteiger partial charge >= 0.3 is 0 Å². The molecule has 3 heterocycles. The molecule has 52 heavy (non-hydrogen) atoms. The van der Waals surface area contributed by atoms with Gasteiger partial charge in [-0.15, -0.1) is 0 Å². The molecule has 0 saturated carbocycles. The average Bonchev–Trinajstić information content (AvgIpc) is 3.74. The number of nitrogens with zero attached hydrogens (tertiary/aromatic N) is 4. The predicted molar refractivity (Wildman–Crippen MR) is 214 cm³/mol. The molecule has 0 aliphatic carbocycles. The van der Waals surface area contributed by atoms with E-state index in [9.17, 15) is 5.26 Å². The molecule has 10 aromatic rings. The number of hydrogen-bond donors (Lipinski definition) is 0. The number of pyridine rings is 1. The summed E-state index contributed by atoms with van der Waals surface area (Å²) in [6.07, 6.45) is 0. The first-order valence-electron chi connectivity index (χ1n) is 17.5. The predicted octanol–water partition coefficient (Wildman–Crippen LogP) is 12.1. The zero-order valence-corrected chi connectivity index (χ0v) is 28.1. The maximum absolute atomic E-state index is 9.45. The SMILES string of the molecule is N#Cc1ccc(-c2ccccc2-c2ccccc2-c2cc(-n3c4ccccc4c4ccccc43)nc(-n3c4ccccc4c4ccccc43)c2)cc1. The highest BCUT2D eigenvalue weighted by molar-refractivity contribution is 6.10. The Kier molecular flexibility index (Phi) is 6.84. The summed E-state index contributed by atoms with van der Waals surface area (Å²) in [4.78, 5) is 5.53. The third-order valence-electron chi connectivity index (χ3n) is 10.2. The number of nitriles is 1. The monoisotopic (exact) mass is 662 g/mol. The van der Waals surface area contributed by atoms with Gasteiger partial charge in [-0.2, -0.15) is 5.26 Å². The zero-order valence-electron chi connectivity index (χ0n) is 28.1. The number of para-hydroxylation sites is 4. The molecule has 4 nitrogen and oxygen atoms in total. The van der Waals surface area contributed by atoms with Crippen LogP contribution in [-0.2, 0) is 0 Å². The Morgan fingerprint density at radius 1 is 0.365 bits per heavy atom. The summed E-state index contributed by atoms with van der Waals surface area (Å²) in [6.45, 7) is 0. The van der Waals surface area contributed by atoms with Crippen LogP contribution in [0.4, 0.5) is 0 Å². The van der Waals surface area contributed by atoms with Gasteiger partial charge in [-0.25, -0.2) is 4.98 Å². The second kappa shape index (κ2) is 12.0. The van der Waals surface area contributed by atoms with Crippen LogP contribution in [0.15, 0.2) is 182 Å². The van der Waals surface area contributed by atoms with Crippen LogP contribution >= 0.6 is 0 Å². The highest BCUT2D eigenvalue weighted by Gasteiger charge is 2.20. The van der Waals surface area contributed by atoms with E-state index in [2.05, 4.69) is 173 Å². The quantitative estimate of drug-likeness (QED) is 0.184. The summed E-state index contributed by atoms with van der Waals surface area (Å²) in [7, 11) is 0. The zero-order chi connectivity index (χ0) is 34.6. The molecule has 0 aliphatic rings. The summed E-state index contributed by atoms with van der Waals surface area (Å²) >= 11 is 0. The third kappa shape index (κ3) is 4.65. The maximum Gasteiger partial charge on any atom is 0.140 e. The smallest absolute Gasteiger partial charge is 0.140 e. The van der Waals surface area contributed by atoms with E-state index in [4.69, 9.17) is 4.98 Å². The minimum Gasteiger partial charge on any atom is -0.294 e. The molecule has 0 bridgehead atoms. The van der Waals surface area contributed by atoms with Crippen molar-refractivity contribution in [1.29, 1.82) is 5.26 Å². The van der Waals surface area contributed by atoms with Crippen LogP contribution in [0.25, 0.3) is 88.6 Å². The van der Waals surface area contributed by atoms with E-state index in [1.54, 1.807) is 0 Å². The van der Waals surface area contributed by atoms with E-state index >= 15 is 0 Å². The van der Waals surface area contributed by atoms with E-state index in [-0.39, 0.29) is 0 Å². The Morgan fingerprint density at radius 2 is 0.712 bits per heavy atom. The first-order valence-corrected chi connectivity index (χ1v) is 17.5. The van der Waals surface area contributed by atoms with Crippen molar-refractivity contribution in [3.8, 4) is 51.1 Å². The summed E-state index contributed by atoms with van der Waals surface area (Å²) in [5, 5.41) is 14.2. The van der Waals surface area contributed by atoms with Crippen LogP contribution in [0, 0.1) is 11.3 Å². The van der Waals surface area contributed by atoms with Crippen LogP contribution in [-0.4, -0.2) is 14.1 Å². The minimum atomic E-state index is 0.647. The molecule has 0 amide bonds. The normalized spacial score (nSPS) is 11.4. The number of benzene rings is 7. The molecule has 0 saturated heterocycles. The Hall–Kier alpha value is -7.22. The number of fused-ring (bicyclic) bond motifs is 6. The van der Waals surface area contributed by atoms with Crippen molar-refractivity contribution in [3.05, 3.63) is 188 Å². The van der Waals surface area contributed by atoms with Gasteiger partial charge in [-0.1, -0.05) is 133 Å². The van der Waals surface area contributed by atoms with Gasteiger partial charge in [0.25, 0.3) is 0 Å². The third-order valence-corrected chi connectivity index (χ3v) is 10.2. The molecule has 7 aromatic carbocycles. The molecule has 0 N–H and O–H groups in total. The van der Waals surface area contributed by atoms with Crippen LogP contribution in [0.2, 0.25) is 0 Å². The van der Waals surface area contributed by atoms with Crippen molar-refractivity contribution >= 4 is 43.6 Å². The number of hydrogen-bond acceptors (Lipinski definition) is 2. The molecule has 0 fully saturated rings. The van der Waals surface area contributed by atoms with Crippen LogP contribution in [0.3, 0.4) is 0 Å². The maximum atomic E-state index is 9.45. The van der Waals surface area contributed by atoms with E-state index in [0.717, 1.165) is 67.1 Å².